The largest absolute Gasteiger partial charge is 0.497 e. The van der Waals surface area contributed by atoms with Crippen molar-refractivity contribution in [3.05, 3.63) is 95.6 Å². The summed E-state index contributed by atoms with van der Waals surface area (Å²) in [5, 5.41) is 13.5. The van der Waals surface area contributed by atoms with Crippen molar-refractivity contribution in [1.29, 1.82) is 0 Å². The topological polar surface area (TPSA) is 68.3 Å². The lowest BCUT2D eigenvalue weighted by Crippen LogP contribution is -2.72. The molecule has 3 aromatic carbocycles. The highest BCUT2D eigenvalue weighted by Crippen LogP contribution is 2.43. The molecule has 0 aliphatic carbocycles. The van der Waals surface area contributed by atoms with Crippen LogP contribution in [0, 0.1) is 11.8 Å². The highest BCUT2D eigenvalue weighted by molar-refractivity contribution is 5.89. The number of hydrogen-bond donors (Lipinski definition) is 2. The number of hydrogen-bond acceptors (Lipinski definition) is 5. The molecular weight excluding hydrogens is 524 g/mol. The number of rotatable bonds is 5. The van der Waals surface area contributed by atoms with Crippen LogP contribution in [0.2, 0.25) is 0 Å². The van der Waals surface area contributed by atoms with E-state index in [9.17, 15) is 9.90 Å². The lowest BCUT2D eigenvalue weighted by molar-refractivity contribution is -0.116. The van der Waals surface area contributed by atoms with Crippen molar-refractivity contribution in [3.8, 4) is 17.6 Å². The second-order valence-corrected chi connectivity index (χ2v) is 12.1. The van der Waals surface area contributed by atoms with Crippen LogP contribution in [0.25, 0.3) is 0 Å². The van der Waals surface area contributed by atoms with Crippen LogP contribution in [-0.2, 0) is 0 Å². The normalized spacial score (nSPS) is 23.6. The molecule has 3 aliphatic rings. The number of fused-ring (bicyclic) bond motifs is 1. The standard InChI is InChI=1S/C35H40N4O3/c1-35(41)24-37(25-35)22-31-33(28-14-12-27(13-15-28)11-10-26-8-4-3-5-9-26)32-23-38(20-6-7-21-39(31)32)34(40)36-29-16-18-30(42-2)19-17-29/h3-5,8-9,12-19,31-33,41H,6-7,20-25H2,1-2H3,(H,36,40)/t31-,32+,33+/m1/s1. The molecule has 0 bridgehead atoms. The molecule has 0 radical (unpaired) electrons. The summed E-state index contributed by atoms with van der Waals surface area (Å²) in [7, 11) is 1.64. The molecule has 0 saturated carbocycles. The number of benzene rings is 3. The summed E-state index contributed by atoms with van der Waals surface area (Å²) < 4.78 is 5.26. The number of carbonyl (C=O) groups excluding carboxylic acids is 1. The maximum Gasteiger partial charge on any atom is 0.321 e. The van der Waals surface area contributed by atoms with Gasteiger partial charge in [-0.05, 0) is 80.4 Å². The molecule has 3 heterocycles. The van der Waals surface area contributed by atoms with E-state index in [0.29, 0.717) is 31.6 Å². The molecule has 3 atom stereocenters. The van der Waals surface area contributed by atoms with E-state index in [4.69, 9.17) is 4.74 Å². The van der Waals surface area contributed by atoms with Gasteiger partial charge in [0.15, 0.2) is 0 Å². The Labute approximate surface area is 249 Å². The zero-order valence-electron chi connectivity index (χ0n) is 24.5. The van der Waals surface area contributed by atoms with Gasteiger partial charge in [0, 0.05) is 67.5 Å². The van der Waals surface area contributed by atoms with Gasteiger partial charge in [0.25, 0.3) is 0 Å². The van der Waals surface area contributed by atoms with E-state index >= 15 is 0 Å². The Morgan fingerprint density at radius 2 is 1.62 bits per heavy atom. The molecule has 3 aromatic rings. The van der Waals surface area contributed by atoms with Gasteiger partial charge in [-0.1, -0.05) is 42.2 Å². The summed E-state index contributed by atoms with van der Waals surface area (Å²) >= 11 is 0. The molecule has 0 unspecified atom stereocenters. The number of likely N-dealkylation sites (tertiary alicyclic amines) is 1. The smallest absolute Gasteiger partial charge is 0.321 e. The van der Waals surface area contributed by atoms with Crippen molar-refractivity contribution in [3.63, 3.8) is 0 Å². The summed E-state index contributed by atoms with van der Waals surface area (Å²) in [5.74, 6) is 7.60. The highest BCUT2D eigenvalue weighted by Gasteiger charge is 2.51. The number of β-amino-alcohol motifs (C(OH)–C–C–N with tert-alkyl or cyclic N) is 1. The van der Waals surface area contributed by atoms with Crippen LogP contribution in [0.15, 0.2) is 78.9 Å². The van der Waals surface area contributed by atoms with Gasteiger partial charge in [0.2, 0.25) is 0 Å². The lowest BCUT2D eigenvalue weighted by Gasteiger charge is -2.60. The molecule has 6 rings (SSSR count). The van der Waals surface area contributed by atoms with Crippen molar-refractivity contribution in [2.75, 3.05) is 51.7 Å². The van der Waals surface area contributed by atoms with Crippen molar-refractivity contribution in [1.82, 2.24) is 14.7 Å². The molecule has 2 amide bonds. The molecule has 3 saturated heterocycles. The third-order valence-electron chi connectivity index (χ3n) is 8.81. The Morgan fingerprint density at radius 3 is 2.29 bits per heavy atom. The number of ether oxygens (including phenoxy) is 1. The number of methoxy groups -OCH3 is 1. The minimum atomic E-state index is -0.593. The van der Waals surface area contributed by atoms with Gasteiger partial charge in [0.1, 0.15) is 5.75 Å². The molecule has 3 aliphatic heterocycles. The fourth-order valence-corrected chi connectivity index (χ4v) is 6.77. The third kappa shape index (κ3) is 6.32. The van der Waals surface area contributed by atoms with E-state index < -0.39 is 5.60 Å². The van der Waals surface area contributed by atoms with Crippen molar-refractivity contribution < 1.29 is 14.6 Å². The van der Waals surface area contributed by atoms with Gasteiger partial charge in [-0.3, -0.25) is 9.80 Å². The van der Waals surface area contributed by atoms with E-state index in [-0.39, 0.29) is 12.1 Å². The van der Waals surface area contributed by atoms with Gasteiger partial charge in [-0.15, -0.1) is 0 Å². The number of amides is 2. The highest BCUT2D eigenvalue weighted by atomic mass is 16.5. The SMILES string of the molecule is COc1ccc(NC(=O)N2CCCCN3[C@H](CN4CC(C)(O)C4)[C@H](c4ccc(C#Cc5ccccc5)cc4)[C@@H]3C2)cc1. The molecule has 2 N–H and O–H groups in total. The van der Waals surface area contributed by atoms with Crippen LogP contribution >= 0.6 is 0 Å². The summed E-state index contributed by atoms with van der Waals surface area (Å²) in [4.78, 5) is 20.4. The molecule has 3 fully saturated rings. The van der Waals surface area contributed by atoms with Crippen LogP contribution in [-0.4, -0.2) is 89.9 Å². The van der Waals surface area contributed by atoms with Crippen molar-refractivity contribution in [2.45, 2.75) is 43.4 Å². The minimum absolute atomic E-state index is 0.0606. The number of aliphatic hydroxyl groups is 1. The minimum Gasteiger partial charge on any atom is -0.497 e. The van der Waals surface area contributed by atoms with E-state index in [1.54, 1.807) is 7.11 Å². The molecule has 7 nitrogen and oxygen atoms in total. The number of anilines is 1. The molecule has 42 heavy (non-hydrogen) atoms. The number of urea groups is 1. The first-order valence-corrected chi connectivity index (χ1v) is 15.0. The summed E-state index contributed by atoms with van der Waals surface area (Å²) in [6.07, 6.45) is 2.03. The Bertz CT molecular complexity index is 1420. The third-order valence-corrected chi connectivity index (χ3v) is 8.81. The zero-order valence-corrected chi connectivity index (χ0v) is 24.5. The van der Waals surface area contributed by atoms with E-state index in [2.05, 4.69) is 51.2 Å². The van der Waals surface area contributed by atoms with Gasteiger partial charge in [0.05, 0.1) is 12.7 Å². The van der Waals surface area contributed by atoms with E-state index in [0.717, 1.165) is 55.0 Å². The van der Waals surface area contributed by atoms with Crippen molar-refractivity contribution >= 4 is 11.7 Å². The molecule has 7 heteroatoms. The Balaban J connectivity index is 1.20. The fourth-order valence-electron chi connectivity index (χ4n) is 6.77. The Morgan fingerprint density at radius 1 is 0.952 bits per heavy atom. The van der Waals surface area contributed by atoms with Gasteiger partial charge in [-0.2, -0.15) is 0 Å². The quantitative estimate of drug-likeness (QED) is 0.443. The van der Waals surface area contributed by atoms with Crippen LogP contribution in [0.1, 0.15) is 42.4 Å². The monoisotopic (exact) mass is 564 g/mol. The van der Waals surface area contributed by atoms with E-state index in [1.807, 2.05) is 66.4 Å². The van der Waals surface area contributed by atoms with Crippen LogP contribution in [0.3, 0.4) is 0 Å². The first-order chi connectivity index (χ1) is 20.4. The summed E-state index contributed by atoms with van der Waals surface area (Å²) in [6, 6.07) is 26.7. The Kier molecular flexibility index (Phi) is 8.21. The van der Waals surface area contributed by atoms with E-state index in [1.165, 1.54) is 5.56 Å². The van der Waals surface area contributed by atoms with Crippen LogP contribution in [0.5, 0.6) is 5.75 Å². The van der Waals surface area contributed by atoms with Crippen LogP contribution in [0.4, 0.5) is 10.5 Å². The second kappa shape index (κ2) is 12.2. The predicted molar refractivity (Wildman–Crippen MR) is 166 cm³/mol. The first-order valence-electron chi connectivity index (χ1n) is 15.0. The molecule has 218 valence electrons. The molecule has 0 aromatic heterocycles. The molecular formula is C35H40N4O3. The second-order valence-electron chi connectivity index (χ2n) is 12.1. The molecule has 0 spiro atoms. The maximum absolute atomic E-state index is 13.4. The summed E-state index contributed by atoms with van der Waals surface area (Å²) in [5.41, 5.74) is 3.45. The van der Waals surface area contributed by atoms with Crippen molar-refractivity contribution in [2.24, 2.45) is 0 Å². The fraction of sp³-hybridized carbons (Fsp3) is 0.400. The summed E-state index contributed by atoms with van der Waals surface area (Å²) in [6.45, 7) is 6.70. The first kappa shape index (κ1) is 28.3. The average molecular weight is 565 g/mol. The predicted octanol–water partition coefficient (Wildman–Crippen LogP) is 4.63. The van der Waals surface area contributed by atoms with Crippen LogP contribution < -0.4 is 10.1 Å². The van der Waals surface area contributed by atoms with Gasteiger partial charge >= 0.3 is 6.03 Å². The lowest BCUT2D eigenvalue weighted by atomic mass is 9.73. The number of nitrogens with one attached hydrogen (secondary N) is 1. The van der Waals surface area contributed by atoms with Gasteiger partial charge in [-0.25, -0.2) is 4.79 Å². The Hall–Kier alpha value is -3.83. The zero-order chi connectivity index (χ0) is 29.1. The number of carbonyl (C=O) groups is 1. The average Bonchev–Trinajstić information content (AvgIpc) is 2.97. The maximum atomic E-state index is 13.4. The number of nitrogens with zero attached hydrogens (tertiary/aromatic N) is 3. The van der Waals surface area contributed by atoms with Gasteiger partial charge < -0.3 is 20.1 Å².